The zero-order valence-electron chi connectivity index (χ0n) is 22.6. The lowest BCUT2D eigenvalue weighted by molar-refractivity contribution is -0.125. The second kappa shape index (κ2) is 13.7. The van der Waals surface area contributed by atoms with E-state index < -0.39 is 35.8 Å². The Balaban J connectivity index is 1.87. The fourth-order valence-electron chi connectivity index (χ4n) is 3.59. The van der Waals surface area contributed by atoms with Crippen molar-refractivity contribution < 1.29 is 24.2 Å². The summed E-state index contributed by atoms with van der Waals surface area (Å²) in [6, 6.07) is 11.8. The summed E-state index contributed by atoms with van der Waals surface area (Å²) in [5, 5.41) is 18.6. The average Bonchev–Trinajstić information content (AvgIpc) is 2.81. The van der Waals surface area contributed by atoms with Crippen LogP contribution in [0, 0.1) is 5.92 Å². The summed E-state index contributed by atoms with van der Waals surface area (Å²) in [7, 11) is 0. The molecular formula is C28H40N4O5. The molecule has 1 heterocycles. The van der Waals surface area contributed by atoms with Gasteiger partial charge >= 0.3 is 6.09 Å². The molecule has 9 heteroatoms. The van der Waals surface area contributed by atoms with Crippen molar-refractivity contribution in [2.24, 2.45) is 5.92 Å². The molecule has 0 bridgehead atoms. The van der Waals surface area contributed by atoms with E-state index in [9.17, 15) is 19.5 Å². The predicted octanol–water partition coefficient (Wildman–Crippen LogP) is 3.21. The molecule has 1 unspecified atom stereocenters. The number of aliphatic hydroxyl groups excluding tert-OH is 1. The molecule has 0 saturated heterocycles. The first-order valence-electron chi connectivity index (χ1n) is 12.6. The fraction of sp³-hybridized carbons (Fsp3) is 0.500. The van der Waals surface area contributed by atoms with Crippen molar-refractivity contribution in [3.05, 3.63) is 54.2 Å². The molecule has 9 nitrogen and oxygen atoms in total. The number of nitrogens with one attached hydrogen (secondary N) is 3. The van der Waals surface area contributed by atoms with E-state index in [1.54, 1.807) is 33.9 Å². The summed E-state index contributed by atoms with van der Waals surface area (Å²) in [5.74, 6) is -0.537. The molecule has 0 saturated carbocycles. The van der Waals surface area contributed by atoms with Gasteiger partial charge in [-0.1, -0.05) is 38.1 Å². The number of pyridine rings is 1. The molecule has 3 amide bonds. The molecule has 2 rings (SSSR count). The fourth-order valence-corrected chi connectivity index (χ4v) is 3.59. The van der Waals surface area contributed by atoms with Gasteiger partial charge in [-0.25, -0.2) is 4.79 Å². The molecule has 0 aliphatic carbocycles. The number of carbonyl (C=O) groups is 3. The number of nitrogens with zero attached hydrogens (tertiary/aromatic N) is 1. The Kier molecular flexibility index (Phi) is 11.1. The molecule has 202 valence electrons. The number of aromatic nitrogens is 1. The maximum Gasteiger partial charge on any atom is 0.408 e. The summed E-state index contributed by atoms with van der Waals surface area (Å²) in [4.78, 5) is 41.8. The van der Waals surface area contributed by atoms with Crippen molar-refractivity contribution in [3.63, 3.8) is 0 Å². The minimum absolute atomic E-state index is 0.0332. The monoisotopic (exact) mass is 512 g/mol. The Morgan fingerprint density at radius 1 is 1.03 bits per heavy atom. The Morgan fingerprint density at radius 3 is 2.38 bits per heavy atom. The number of rotatable bonds is 11. The van der Waals surface area contributed by atoms with Gasteiger partial charge in [0.05, 0.1) is 24.3 Å². The lowest BCUT2D eigenvalue weighted by Crippen LogP contribution is -2.54. The molecule has 0 spiro atoms. The standard InChI is InChI=1S/C28H40N4O5/c1-18(2)14-23(32-27(36)37-28(4,5)6)26(35)31-19(3)24(33)17-30-25(34)16-20-10-9-11-21(15-20)22-12-7-8-13-29-22/h7-13,15,18-19,23-24,33H,14,16-17H2,1-6H3,(H,30,34)(H,31,35)(H,32,36)/t19?,23-,24-/m0/s1. The highest BCUT2D eigenvalue weighted by atomic mass is 16.6. The van der Waals surface area contributed by atoms with Crippen LogP contribution in [0.25, 0.3) is 11.3 Å². The molecule has 0 radical (unpaired) electrons. The normalized spacial score (nSPS) is 13.8. The highest BCUT2D eigenvalue weighted by molar-refractivity contribution is 5.86. The average molecular weight is 513 g/mol. The van der Waals surface area contributed by atoms with Crippen molar-refractivity contribution in [1.82, 2.24) is 20.9 Å². The molecule has 2 aromatic rings. The van der Waals surface area contributed by atoms with Crippen molar-refractivity contribution in [2.45, 2.75) is 78.2 Å². The van der Waals surface area contributed by atoms with Crippen LogP contribution in [0.1, 0.15) is 53.5 Å². The lowest BCUT2D eigenvalue weighted by atomic mass is 10.0. The van der Waals surface area contributed by atoms with Gasteiger partial charge in [0.1, 0.15) is 11.6 Å². The minimum Gasteiger partial charge on any atom is -0.444 e. The van der Waals surface area contributed by atoms with Crippen LogP contribution in [0.2, 0.25) is 0 Å². The van der Waals surface area contributed by atoms with Gasteiger partial charge in [0.2, 0.25) is 11.8 Å². The molecule has 1 aromatic heterocycles. The number of benzene rings is 1. The van der Waals surface area contributed by atoms with E-state index in [4.69, 9.17) is 4.74 Å². The Morgan fingerprint density at radius 2 is 1.76 bits per heavy atom. The second-order valence-corrected chi connectivity index (χ2v) is 10.6. The summed E-state index contributed by atoms with van der Waals surface area (Å²) in [6.45, 7) is 10.7. The van der Waals surface area contributed by atoms with Gasteiger partial charge in [-0.15, -0.1) is 0 Å². The third kappa shape index (κ3) is 11.0. The van der Waals surface area contributed by atoms with E-state index in [-0.39, 0.29) is 24.8 Å². The van der Waals surface area contributed by atoms with Gasteiger partial charge in [-0.2, -0.15) is 0 Å². The summed E-state index contributed by atoms with van der Waals surface area (Å²) < 4.78 is 5.27. The maximum atomic E-state index is 12.8. The highest BCUT2D eigenvalue weighted by Crippen LogP contribution is 2.18. The largest absolute Gasteiger partial charge is 0.444 e. The number of amides is 3. The summed E-state index contributed by atoms with van der Waals surface area (Å²) in [6.07, 6.45) is 0.566. The predicted molar refractivity (Wildman–Crippen MR) is 143 cm³/mol. The Hall–Kier alpha value is -3.46. The number of carbonyl (C=O) groups excluding carboxylic acids is 3. The van der Waals surface area contributed by atoms with Crippen LogP contribution in [0.3, 0.4) is 0 Å². The highest BCUT2D eigenvalue weighted by Gasteiger charge is 2.27. The first-order chi connectivity index (χ1) is 17.3. The minimum atomic E-state index is -1.02. The molecule has 1 aromatic carbocycles. The third-order valence-corrected chi connectivity index (χ3v) is 5.42. The number of ether oxygens (including phenoxy) is 1. The first-order valence-corrected chi connectivity index (χ1v) is 12.6. The van der Waals surface area contributed by atoms with E-state index >= 15 is 0 Å². The van der Waals surface area contributed by atoms with Crippen molar-refractivity contribution in [2.75, 3.05) is 6.54 Å². The van der Waals surface area contributed by atoms with Crippen molar-refractivity contribution >= 4 is 17.9 Å². The van der Waals surface area contributed by atoms with E-state index in [1.165, 1.54) is 0 Å². The molecule has 4 N–H and O–H groups in total. The lowest BCUT2D eigenvalue weighted by Gasteiger charge is -2.26. The Labute approximate surface area is 219 Å². The van der Waals surface area contributed by atoms with Crippen molar-refractivity contribution in [3.8, 4) is 11.3 Å². The summed E-state index contributed by atoms with van der Waals surface area (Å²) in [5.41, 5.74) is 1.87. The van der Waals surface area contributed by atoms with Crippen LogP contribution in [0.15, 0.2) is 48.7 Å². The topological polar surface area (TPSA) is 130 Å². The van der Waals surface area contributed by atoms with Gasteiger partial charge in [0.25, 0.3) is 0 Å². The zero-order chi connectivity index (χ0) is 27.6. The SMILES string of the molecule is CC(C)C[C@H](NC(=O)OC(C)(C)C)C(=O)NC(C)[C@@H](O)CNC(=O)Cc1cccc(-c2ccccn2)c1. The molecule has 37 heavy (non-hydrogen) atoms. The van der Waals surface area contributed by atoms with Crippen LogP contribution < -0.4 is 16.0 Å². The second-order valence-electron chi connectivity index (χ2n) is 10.6. The quantitative estimate of drug-likeness (QED) is 0.366. The van der Waals surface area contributed by atoms with Crippen LogP contribution >= 0.6 is 0 Å². The van der Waals surface area contributed by atoms with Crippen LogP contribution in [0.4, 0.5) is 4.79 Å². The van der Waals surface area contributed by atoms with E-state index in [0.29, 0.717) is 6.42 Å². The van der Waals surface area contributed by atoms with Crippen molar-refractivity contribution in [1.29, 1.82) is 0 Å². The van der Waals surface area contributed by atoms with Crippen LogP contribution in [-0.2, 0) is 20.7 Å². The van der Waals surface area contributed by atoms with Gasteiger partial charge in [-0.3, -0.25) is 14.6 Å². The third-order valence-electron chi connectivity index (χ3n) is 5.42. The number of aliphatic hydroxyl groups is 1. The molecule has 0 fully saturated rings. The molecular weight excluding hydrogens is 472 g/mol. The van der Waals surface area contributed by atoms with Crippen LogP contribution in [0.5, 0.6) is 0 Å². The van der Waals surface area contributed by atoms with Gasteiger partial charge in [-0.05, 0) is 63.8 Å². The molecule has 0 aliphatic rings. The number of hydrogen-bond donors (Lipinski definition) is 4. The van der Waals surface area contributed by atoms with Gasteiger partial charge < -0.3 is 25.8 Å². The molecule has 0 aliphatic heterocycles. The van der Waals surface area contributed by atoms with Gasteiger partial charge in [0.15, 0.2) is 0 Å². The Bertz CT molecular complexity index is 1040. The summed E-state index contributed by atoms with van der Waals surface area (Å²) >= 11 is 0. The van der Waals surface area contributed by atoms with E-state index in [0.717, 1.165) is 16.8 Å². The smallest absolute Gasteiger partial charge is 0.408 e. The number of hydrogen-bond acceptors (Lipinski definition) is 6. The molecule has 3 atom stereocenters. The van der Waals surface area contributed by atoms with E-state index in [1.807, 2.05) is 56.3 Å². The zero-order valence-corrected chi connectivity index (χ0v) is 22.6. The first kappa shape index (κ1) is 29.8. The van der Waals surface area contributed by atoms with E-state index in [2.05, 4.69) is 20.9 Å². The van der Waals surface area contributed by atoms with Gasteiger partial charge in [0, 0.05) is 18.3 Å². The van der Waals surface area contributed by atoms with Crippen LogP contribution in [-0.4, -0.2) is 58.3 Å². The maximum absolute atomic E-state index is 12.8. The number of alkyl carbamates (subject to hydrolysis) is 1.